The van der Waals surface area contributed by atoms with Crippen LogP contribution in [0.4, 0.5) is 0 Å². The Balaban J connectivity index is 4.52. The molecule has 3 N–H and O–H groups in total. The smallest absolute Gasteiger partial charge is 0.306 e. The lowest BCUT2D eigenvalue weighted by atomic mass is 10.0. The number of aliphatic hydroxyl groups excluding tert-OH is 2. The van der Waals surface area contributed by atoms with Gasteiger partial charge in [0.05, 0.1) is 25.2 Å². The van der Waals surface area contributed by atoms with E-state index in [-0.39, 0.29) is 24.9 Å². The molecule has 0 fully saturated rings. The molecule has 0 aliphatic carbocycles. The normalized spacial score (nSPS) is 13.2. The number of allylic oxidation sites excluding steroid dienone is 4. The topological polar surface area (TPSA) is 95.9 Å². The first-order valence-electron chi connectivity index (χ1n) is 30.6. The van der Waals surface area contributed by atoms with E-state index < -0.39 is 18.2 Å². The summed E-state index contributed by atoms with van der Waals surface area (Å²) in [6.45, 7) is 6.53. The Morgan fingerprint density at radius 1 is 0.426 bits per heavy atom. The summed E-state index contributed by atoms with van der Waals surface area (Å²) in [5.41, 5.74) is 0. The molecule has 0 spiro atoms. The fourth-order valence-electron chi connectivity index (χ4n) is 9.66. The molecule has 0 saturated carbocycles. The monoisotopic (exact) mass is 958 g/mol. The van der Waals surface area contributed by atoms with Gasteiger partial charge >= 0.3 is 5.97 Å². The van der Waals surface area contributed by atoms with Crippen LogP contribution in [0, 0.1) is 0 Å². The number of unbranched alkanes of at least 4 members (excludes halogenated alkanes) is 41. The van der Waals surface area contributed by atoms with Crippen molar-refractivity contribution in [1.29, 1.82) is 0 Å². The number of hydrogen-bond acceptors (Lipinski definition) is 5. The lowest BCUT2D eigenvalue weighted by Gasteiger charge is -2.24. The first kappa shape index (κ1) is 66.3. The fourth-order valence-corrected chi connectivity index (χ4v) is 9.66. The summed E-state index contributed by atoms with van der Waals surface area (Å²) in [5.74, 6) is -0.469. The first-order chi connectivity index (χ1) is 33.5. The molecular formula is C62H119NO5. The predicted molar refractivity (Wildman–Crippen MR) is 296 cm³/mol. The van der Waals surface area contributed by atoms with Crippen LogP contribution in [-0.2, 0) is 14.3 Å². The molecule has 0 aromatic heterocycles. The number of ether oxygens (including phenoxy) is 1. The molecule has 0 aromatic rings. The number of nitrogens with one attached hydrogen (secondary N) is 1. The Bertz CT molecular complexity index is 1080. The summed E-state index contributed by atoms with van der Waals surface area (Å²) in [4.78, 5) is 26.3. The molecule has 0 aliphatic heterocycles. The summed E-state index contributed by atoms with van der Waals surface area (Å²) in [7, 11) is 0. The number of amides is 1. The van der Waals surface area contributed by atoms with Crippen molar-refractivity contribution >= 4 is 11.9 Å². The summed E-state index contributed by atoms with van der Waals surface area (Å²) < 4.78 is 5.97. The van der Waals surface area contributed by atoms with Crippen LogP contribution in [0.1, 0.15) is 335 Å². The van der Waals surface area contributed by atoms with E-state index in [1.54, 1.807) is 0 Å². The van der Waals surface area contributed by atoms with E-state index in [1.807, 2.05) is 0 Å². The van der Waals surface area contributed by atoms with Gasteiger partial charge in [0.2, 0.25) is 5.91 Å². The zero-order valence-corrected chi connectivity index (χ0v) is 46.0. The second-order valence-electron chi connectivity index (χ2n) is 21.1. The summed E-state index contributed by atoms with van der Waals surface area (Å²) in [6, 6.07) is -0.701. The van der Waals surface area contributed by atoms with Gasteiger partial charge in [-0.3, -0.25) is 9.59 Å². The maximum Gasteiger partial charge on any atom is 0.306 e. The highest BCUT2D eigenvalue weighted by Crippen LogP contribution is 2.19. The highest BCUT2D eigenvalue weighted by Gasteiger charge is 2.24. The maximum atomic E-state index is 13.3. The maximum absolute atomic E-state index is 13.3. The molecule has 3 atom stereocenters. The summed E-state index contributed by atoms with van der Waals surface area (Å²) in [5, 5.41) is 23.9. The zero-order valence-electron chi connectivity index (χ0n) is 46.0. The molecule has 0 heterocycles. The Morgan fingerprint density at radius 2 is 0.735 bits per heavy atom. The Kier molecular flexibility index (Phi) is 54.9. The Morgan fingerprint density at radius 3 is 1.09 bits per heavy atom. The summed E-state index contributed by atoms with van der Waals surface area (Å²) in [6.07, 6.45) is 66.7. The standard InChI is InChI=1S/C62H119NO5/c1-4-7-10-13-16-19-22-25-28-30-31-34-37-40-43-46-49-52-55-62(67)68-58(53-50-47-44-41-38-35-32-27-24-21-18-15-12-9-6-3)56-61(66)63-59(57-64)60(65)54-51-48-45-42-39-36-33-29-26-23-20-17-14-11-8-5-2/h28,30-31,34,58-60,64-65H,4-27,29,32-33,35-57H2,1-3H3,(H,63,66)/b30-28+,34-31+. The van der Waals surface area contributed by atoms with Crippen LogP contribution in [0.15, 0.2) is 24.3 Å². The largest absolute Gasteiger partial charge is 0.462 e. The molecule has 0 saturated heterocycles. The SMILES string of the molecule is CCCCCCCCC/C=C/C=C/CCCCCCCC(=O)OC(CCCCCCCCCCCCCCCCC)CC(=O)NC(CO)C(O)CCCCCCCCCCCCCCCCCC. The van der Waals surface area contributed by atoms with Gasteiger partial charge in [0, 0.05) is 6.42 Å². The number of esters is 1. The van der Waals surface area contributed by atoms with Crippen molar-refractivity contribution in [3.63, 3.8) is 0 Å². The molecule has 0 bridgehead atoms. The van der Waals surface area contributed by atoms with Gasteiger partial charge in [0.15, 0.2) is 0 Å². The van der Waals surface area contributed by atoms with Crippen LogP contribution in [-0.4, -0.2) is 46.9 Å². The lowest BCUT2D eigenvalue weighted by Crippen LogP contribution is -2.46. The van der Waals surface area contributed by atoms with Gasteiger partial charge < -0.3 is 20.3 Å². The molecule has 0 rings (SSSR count). The van der Waals surface area contributed by atoms with E-state index in [4.69, 9.17) is 4.74 Å². The number of rotatable bonds is 56. The van der Waals surface area contributed by atoms with E-state index >= 15 is 0 Å². The van der Waals surface area contributed by atoms with Crippen molar-refractivity contribution in [2.75, 3.05) is 6.61 Å². The lowest BCUT2D eigenvalue weighted by molar-refractivity contribution is -0.151. The molecule has 0 radical (unpaired) electrons. The van der Waals surface area contributed by atoms with Crippen molar-refractivity contribution in [3.05, 3.63) is 24.3 Å². The second kappa shape index (κ2) is 56.3. The van der Waals surface area contributed by atoms with Crippen molar-refractivity contribution in [1.82, 2.24) is 5.32 Å². The van der Waals surface area contributed by atoms with Crippen LogP contribution >= 0.6 is 0 Å². The van der Waals surface area contributed by atoms with Gasteiger partial charge in [-0.1, -0.05) is 295 Å². The van der Waals surface area contributed by atoms with Crippen LogP contribution in [0.2, 0.25) is 0 Å². The molecular weight excluding hydrogens is 839 g/mol. The average Bonchev–Trinajstić information content (AvgIpc) is 3.33. The van der Waals surface area contributed by atoms with Gasteiger partial charge in [0.25, 0.3) is 0 Å². The minimum Gasteiger partial charge on any atom is -0.462 e. The van der Waals surface area contributed by atoms with Crippen LogP contribution in [0.3, 0.4) is 0 Å². The minimum atomic E-state index is -0.787. The number of hydrogen-bond donors (Lipinski definition) is 3. The van der Waals surface area contributed by atoms with Gasteiger partial charge in [-0.25, -0.2) is 0 Å². The van der Waals surface area contributed by atoms with E-state index in [2.05, 4.69) is 50.4 Å². The van der Waals surface area contributed by atoms with E-state index in [0.717, 1.165) is 51.4 Å². The third kappa shape index (κ3) is 50.7. The van der Waals surface area contributed by atoms with Crippen LogP contribution in [0.5, 0.6) is 0 Å². The first-order valence-corrected chi connectivity index (χ1v) is 30.6. The van der Waals surface area contributed by atoms with Crippen molar-refractivity contribution in [2.24, 2.45) is 0 Å². The van der Waals surface area contributed by atoms with E-state index in [0.29, 0.717) is 19.3 Å². The fraction of sp³-hybridized carbons (Fsp3) is 0.903. The Labute approximate surface area is 424 Å². The van der Waals surface area contributed by atoms with Gasteiger partial charge in [-0.2, -0.15) is 0 Å². The molecule has 68 heavy (non-hydrogen) atoms. The van der Waals surface area contributed by atoms with Gasteiger partial charge in [-0.05, 0) is 51.4 Å². The summed E-state index contributed by atoms with van der Waals surface area (Å²) >= 11 is 0. The van der Waals surface area contributed by atoms with Crippen molar-refractivity contribution in [3.8, 4) is 0 Å². The molecule has 6 nitrogen and oxygen atoms in total. The molecule has 0 aliphatic rings. The molecule has 1 amide bonds. The van der Waals surface area contributed by atoms with Crippen molar-refractivity contribution < 1.29 is 24.5 Å². The molecule has 402 valence electrons. The molecule has 6 heteroatoms. The van der Waals surface area contributed by atoms with Crippen molar-refractivity contribution in [2.45, 2.75) is 354 Å². The van der Waals surface area contributed by atoms with E-state index in [1.165, 1.54) is 238 Å². The zero-order chi connectivity index (χ0) is 49.5. The molecule has 0 aromatic carbocycles. The van der Waals surface area contributed by atoms with E-state index in [9.17, 15) is 19.8 Å². The number of carbonyl (C=O) groups is 2. The third-order valence-electron chi connectivity index (χ3n) is 14.3. The average molecular weight is 959 g/mol. The minimum absolute atomic E-state index is 0.0778. The van der Waals surface area contributed by atoms with Crippen LogP contribution in [0.25, 0.3) is 0 Å². The number of carbonyl (C=O) groups excluding carboxylic acids is 2. The number of aliphatic hydroxyl groups is 2. The molecule has 3 unspecified atom stereocenters. The quantitative estimate of drug-likeness (QED) is 0.0321. The Hall–Kier alpha value is -1.66. The second-order valence-corrected chi connectivity index (χ2v) is 21.1. The highest BCUT2D eigenvalue weighted by atomic mass is 16.5. The van der Waals surface area contributed by atoms with Crippen LogP contribution < -0.4 is 5.32 Å². The van der Waals surface area contributed by atoms with Gasteiger partial charge in [-0.15, -0.1) is 0 Å². The third-order valence-corrected chi connectivity index (χ3v) is 14.3. The van der Waals surface area contributed by atoms with Gasteiger partial charge in [0.1, 0.15) is 6.10 Å². The predicted octanol–water partition coefficient (Wildman–Crippen LogP) is 19.0. The highest BCUT2D eigenvalue weighted by molar-refractivity contribution is 5.77.